The summed E-state index contributed by atoms with van der Waals surface area (Å²) in [6, 6.07) is 14.7. The highest BCUT2D eigenvalue weighted by Crippen LogP contribution is 2.23. The van der Waals surface area contributed by atoms with Gasteiger partial charge in [0.1, 0.15) is 0 Å². The molecule has 0 atom stereocenters. The maximum absolute atomic E-state index is 12.8. The Hall–Kier alpha value is -2.61. The summed E-state index contributed by atoms with van der Waals surface area (Å²) in [5.74, 6) is 0.254. The van der Waals surface area contributed by atoms with Crippen molar-refractivity contribution in [3.8, 4) is 0 Å². The van der Waals surface area contributed by atoms with Crippen LogP contribution >= 0.6 is 39.1 Å². The van der Waals surface area contributed by atoms with Gasteiger partial charge in [-0.05, 0) is 65.2 Å². The number of hydrogen-bond donors (Lipinski definition) is 1. The monoisotopic (exact) mass is 531 g/mol. The molecule has 9 heteroatoms. The number of rotatable bonds is 6. The van der Waals surface area contributed by atoms with Crippen LogP contribution in [0.1, 0.15) is 32.9 Å². The minimum Gasteiger partial charge on any atom is -0.305 e. The van der Waals surface area contributed by atoms with Gasteiger partial charge in [-0.2, -0.15) is 10.2 Å². The maximum Gasteiger partial charge on any atom is 0.256 e. The van der Waals surface area contributed by atoms with E-state index >= 15 is 0 Å². The van der Waals surface area contributed by atoms with Crippen LogP contribution in [0.4, 0.5) is 5.82 Å². The topological polar surface area (TPSA) is 64.7 Å². The second-order valence-corrected chi connectivity index (χ2v) is 9.05. The van der Waals surface area contributed by atoms with Gasteiger partial charge in [0, 0.05) is 17.8 Å². The van der Waals surface area contributed by atoms with Crippen LogP contribution in [0.2, 0.25) is 10.0 Å². The summed E-state index contributed by atoms with van der Waals surface area (Å²) < 4.78 is 4.65. The Labute approximate surface area is 204 Å². The van der Waals surface area contributed by atoms with Crippen LogP contribution in [0, 0.1) is 13.8 Å². The molecule has 0 aliphatic carbocycles. The highest BCUT2D eigenvalue weighted by atomic mass is 79.9. The van der Waals surface area contributed by atoms with Crippen LogP contribution < -0.4 is 5.32 Å². The summed E-state index contributed by atoms with van der Waals surface area (Å²) >= 11 is 15.6. The summed E-state index contributed by atoms with van der Waals surface area (Å²) in [4.78, 5) is 12.8. The van der Waals surface area contributed by atoms with Crippen LogP contribution in [0.3, 0.4) is 0 Å². The minimum absolute atomic E-state index is 0.221. The predicted molar refractivity (Wildman–Crippen MR) is 131 cm³/mol. The van der Waals surface area contributed by atoms with Crippen molar-refractivity contribution in [1.82, 2.24) is 19.6 Å². The summed E-state index contributed by atoms with van der Waals surface area (Å²) in [6.07, 6.45) is 1.80. The molecule has 1 N–H and O–H groups in total. The molecule has 2 aromatic heterocycles. The van der Waals surface area contributed by atoms with E-state index < -0.39 is 0 Å². The van der Waals surface area contributed by atoms with Crippen molar-refractivity contribution in [1.29, 1.82) is 0 Å². The standard InChI is InChI=1S/C23H20BrCl2N5O/c1-14-22(24)15(2)31(28-14)13-16-4-3-5-18(10-16)23(32)27-21-8-9-30(29-21)12-17-6-7-19(25)20(26)11-17/h3-11H,12-13H2,1-2H3,(H,27,29,32). The summed E-state index contributed by atoms with van der Waals surface area (Å²) in [5, 5.41) is 12.8. The molecule has 32 heavy (non-hydrogen) atoms. The molecule has 4 aromatic rings. The van der Waals surface area contributed by atoms with E-state index in [0.29, 0.717) is 34.5 Å². The average molecular weight is 533 g/mol. The lowest BCUT2D eigenvalue weighted by atomic mass is 10.1. The van der Waals surface area contributed by atoms with Gasteiger partial charge in [0.25, 0.3) is 5.91 Å². The number of amides is 1. The SMILES string of the molecule is Cc1nn(Cc2cccc(C(=O)Nc3ccn(Cc4ccc(Cl)c(Cl)c4)n3)c2)c(C)c1Br. The van der Waals surface area contributed by atoms with Crippen molar-refractivity contribution >= 4 is 50.9 Å². The lowest BCUT2D eigenvalue weighted by molar-refractivity contribution is 0.102. The number of hydrogen-bond acceptors (Lipinski definition) is 3. The van der Waals surface area contributed by atoms with Crippen LogP contribution in [0.15, 0.2) is 59.2 Å². The Balaban J connectivity index is 1.43. The Bertz CT molecular complexity index is 1300. The van der Waals surface area contributed by atoms with Crippen molar-refractivity contribution in [2.24, 2.45) is 0 Å². The van der Waals surface area contributed by atoms with Gasteiger partial charge in [0.05, 0.1) is 39.0 Å². The molecule has 0 saturated heterocycles. The predicted octanol–water partition coefficient (Wildman–Crippen LogP) is 6.11. The molecule has 1 amide bonds. The number of carbonyl (C=O) groups excluding carboxylic acids is 1. The summed E-state index contributed by atoms with van der Waals surface area (Å²) in [5.41, 5.74) is 4.49. The molecule has 0 bridgehead atoms. The molecule has 2 aromatic carbocycles. The molecule has 0 saturated carbocycles. The number of nitrogens with one attached hydrogen (secondary N) is 1. The van der Waals surface area contributed by atoms with Crippen LogP contribution in [-0.2, 0) is 13.1 Å². The summed E-state index contributed by atoms with van der Waals surface area (Å²) in [6.45, 7) is 5.06. The van der Waals surface area contributed by atoms with E-state index in [-0.39, 0.29) is 5.91 Å². The number of carbonyl (C=O) groups is 1. The van der Waals surface area contributed by atoms with Gasteiger partial charge in [-0.25, -0.2) is 0 Å². The fourth-order valence-electron chi connectivity index (χ4n) is 3.34. The third-order valence-corrected chi connectivity index (χ3v) is 6.91. The molecule has 4 rings (SSSR count). The van der Waals surface area contributed by atoms with Crippen LogP contribution in [0.25, 0.3) is 0 Å². The first-order chi connectivity index (χ1) is 15.3. The Morgan fingerprint density at radius 2 is 1.78 bits per heavy atom. The normalized spacial score (nSPS) is 11.0. The lowest BCUT2D eigenvalue weighted by Gasteiger charge is -2.08. The third-order valence-electron chi connectivity index (χ3n) is 5.03. The van der Waals surface area contributed by atoms with E-state index in [0.717, 1.165) is 27.0 Å². The molecule has 0 spiro atoms. The second kappa shape index (κ2) is 9.48. The van der Waals surface area contributed by atoms with E-state index in [4.69, 9.17) is 23.2 Å². The molecule has 0 aliphatic heterocycles. The lowest BCUT2D eigenvalue weighted by Crippen LogP contribution is -2.13. The Morgan fingerprint density at radius 3 is 2.50 bits per heavy atom. The van der Waals surface area contributed by atoms with E-state index in [2.05, 4.69) is 31.4 Å². The van der Waals surface area contributed by atoms with Gasteiger partial charge >= 0.3 is 0 Å². The molecule has 0 aliphatic rings. The quantitative estimate of drug-likeness (QED) is 0.325. The molecule has 2 heterocycles. The first-order valence-electron chi connectivity index (χ1n) is 9.87. The Morgan fingerprint density at radius 1 is 1.00 bits per heavy atom. The molecule has 6 nitrogen and oxygen atoms in total. The zero-order valence-electron chi connectivity index (χ0n) is 17.4. The second-order valence-electron chi connectivity index (χ2n) is 7.44. The summed E-state index contributed by atoms with van der Waals surface area (Å²) in [7, 11) is 0. The molecule has 0 unspecified atom stereocenters. The highest BCUT2D eigenvalue weighted by Gasteiger charge is 2.12. The highest BCUT2D eigenvalue weighted by molar-refractivity contribution is 9.10. The van der Waals surface area contributed by atoms with Crippen molar-refractivity contribution in [2.75, 3.05) is 5.32 Å². The van der Waals surface area contributed by atoms with Gasteiger partial charge < -0.3 is 5.32 Å². The molecular weight excluding hydrogens is 513 g/mol. The largest absolute Gasteiger partial charge is 0.305 e. The van der Waals surface area contributed by atoms with Gasteiger partial charge in [0.15, 0.2) is 5.82 Å². The van der Waals surface area contributed by atoms with Crippen LogP contribution in [-0.4, -0.2) is 25.5 Å². The number of halogens is 3. The number of benzene rings is 2. The Kier molecular flexibility index (Phi) is 6.69. The number of aromatic nitrogens is 4. The molecule has 0 fully saturated rings. The van der Waals surface area contributed by atoms with Crippen molar-refractivity contribution in [3.05, 3.63) is 97.3 Å². The molecular formula is C23H20BrCl2N5O. The van der Waals surface area contributed by atoms with E-state index in [1.807, 2.05) is 42.8 Å². The fourth-order valence-corrected chi connectivity index (χ4v) is 3.95. The number of anilines is 1. The first kappa shape index (κ1) is 22.6. The minimum atomic E-state index is -0.221. The maximum atomic E-state index is 12.8. The molecule has 164 valence electrons. The van der Waals surface area contributed by atoms with E-state index in [1.54, 1.807) is 35.1 Å². The van der Waals surface area contributed by atoms with Gasteiger partial charge in [-0.15, -0.1) is 0 Å². The van der Waals surface area contributed by atoms with Gasteiger partial charge in [-0.3, -0.25) is 14.2 Å². The van der Waals surface area contributed by atoms with Crippen molar-refractivity contribution < 1.29 is 4.79 Å². The van der Waals surface area contributed by atoms with Crippen molar-refractivity contribution in [2.45, 2.75) is 26.9 Å². The van der Waals surface area contributed by atoms with Gasteiger partial charge in [-0.1, -0.05) is 41.4 Å². The fraction of sp³-hybridized carbons (Fsp3) is 0.174. The zero-order valence-corrected chi connectivity index (χ0v) is 20.5. The van der Waals surface area contributed by atoms with Crippen LogP contribution in [0.5, 0.6) is 0 Å². The number of aryl methyl sites for hydroxylation is 1. The zero-order chi connectivity index (χ0) is 22.8. The molecule has 0 radical (unpaired) electrons. The first-order valence-corrected chi connectivity index (χ1v) is 11.4. The van der Waals surface area contributed by atoms with Crippen molar-refractivity contribution in [3.63, 3.8) is 0 Å². The third kappa shape index (κ3) is 5.06. The van der Waals surface area contributed by atoms with Gasteiger partial charge in [0.2, 0.25) is 0 Å². The van der Waals surface area contributed by atoms with E-state index in [1.165, 1.54) is 0 Å². The van der Waals surface area contributed by atoms with E-state index in [9.17, 15) is 4.79 Å². The average Bonchev–Trinajstić information content (AvgIpc) is 3.30. The smallest absolute Gasteiger partial charge is 0.256 e. The number of nitrogens with zero attached hydrogens (tertiary/aromatic N) is 4.